The Morgan fingerprint density at radius 3 is 2.56 bits per heavy atom. The molecule has 2 rings (SSSR count). The van der Waals surface area contributed by atoms with Crippen molar-refractivity contribution >= 4 is 0 Å². The first-order chi connectivity index (χ1) is 8.61. The maximum absolute atomic E-state index is 10.3. The van der Waals surface area contributed by atoms with E-state index in [9.17, 15) is 5.11 Å². The molecule has 0 amide bonds. The van der Waals surface area contributed by atoms with E-state index < -0.39 is 6.10 Å². The van der Waals surface area contributed by atoms with Gasteiger partial charge in [-0.1, -0.05) is 24.3 Å². The average Bonchev–Trinajstić information content (AvgIpc) is 2.41. The molecule has 0 aliphatic heterocycles. The lowest BCUT2D eigenvalue weighted by molar-refractivity contribution is 0.213. The van der Waals surface area contributed by atoms with E-state index in [0.717, 1.165) is 11.1 Å². The molecule has 0 spiro atoms. The minimum Gasteiger partial charge on any atom is -0.481 e. The van der Waals surface area contributed by atoms with Gasteiger partial charge in [0.15, 0.2) is 0 Å². The molecule has 1 unspecified atom stereocenters. The molecule has 0 radical (unpaired) electrons. The number of ether oxygens (including phenoxy) is 1. The van der Waals surface area contributed by atoms with Gasteiger partial charge in [-0.2, -0.15) is 0 Å². The van der Waals surface area contributed by atoms with Gasteiger partial charge in [0, 0.05) is 6.07 Å². The van der Waals surface area contributed by atoms with Crippen molar-refractivity contribution in [3.8, 4) is 5.88 Å². The maximum atomic E-state index is 10.3. The first-order valence-corrected chi connectivity index (χ1v) is 5.88. The number of methoxy groups -OCH3 is 1. The fourth-order valence-corrected chi connectivity index (χ4v) is 1.80. The molecule has 0 fully saturated rings. The van der Waals surface area contributed by atoms with E-state index >= 15 is 0 Å². The summed E-state index contributed by atoms with van der Waals surface area (Å²) in [5.74, 6) is 0.510. The van der Waals surface area contributed by atoms with Gasteiger partial charge in [0.25, 0.3) is 0 Å². The summed E-state index contributed by atoms with van der Waals surface area (Å²) in [6, 6.07) is 11.3. The zero-order valence-corrected chi connectivity index (χ0v) is 10.8. The Hall–Kier alpha value is -1.87. The molecule has 1 atom stereocenters. The first kappa shape index (κ1) is 12.6. The molecule has 3 nitrogen and oxygen atoms in total. The zero-order valence-electron chi connectivity index (χ0n) is 10.8. The molecule has 0 saturated carbocycles. The van der Waals surface area contributed by atoms with Crippen LogP contribution in [0.1, 0.15) is 28.5 Å². The number of aryl methyl sites for hydroxylation is 2. The second-order valence-electron chi connectivity index (χ2n) is 4.35. The average molecular weight is 243 g/mol. The van der Waals surface area contributed by atoms with Crippen molar-refractivity contribution < 1.29 is 9.84 Å². The van der Waals surface area contributed by atoms with Gasteiger partial charge in [-0.3, -0.25) is 0 Å². The molecular formula is C15H17NO2. The van der Waals surface area contributed by atoms with Crippen molar-refractivity contribution in [1.29, 1.82) is 0 Å². The molecule has 0 aliphatic rings. The summed E-state index contributed by atoms with van der Waals surface area (Å²) in [7, 11) is 1.56. The summed E-state index contributed by atoms with van der Waals surface area (Å²) in [4.78, 5) is 4.25. The predicted molar refractivity (Wildman–Crippen MR) is 70.8 cm³/mol. The highest BCUT2D eigenvalue weighted by Gasteiger charge is 2.13. The molecule has 18 heavy (non-hydrogen) atoms. The Bertz CT molecular complexity index is 552. The molecule has 1 aromatic carbocycles. The van der Waals surface area contributed by atoms with Crippen LogP contribution in [-0.2, 0) is 0 Å². The van der Waals surface area contributed by atoms with Gasteiger partial charge in [-0.05, 0) is 36.6 Å². The van der Waals surface area contributed by atoms with Gasteiger partial charge in [-0.15, -0.1) is 0 Å². The second kappa shape index (κ2) is 5.19. The van der Waals surface area contributed by atoms with Crippen LogP contribution in [0.25, 0.3) is 0 Å². The van der Waals surface area contributed by atoms with E-state index in [-0.39, 0.29) is 0 Å². The Kier molecular flexibility index (Phi) is 3.63. The van der Waals surface area contributed by atoms with Gasteiger partial charge >= 0.3 is 0 Å². The summed E-state index contributed by atoms with van der Waals surface area (Å²) in [5, 5.41) is 10.3. The molecule has 1 aromatic heterocycles. The number of aliphatic hydroxyl groups excluding tert-OH is 1. The second-order valence-corrected chi connectivity index (χ2v) is 4.35. The normalized spacial score (nSPS) is 12.2. The van der Waals surface area contributed by atoms with Crippen LogP contribution < -0.4 is 4.74 Å². The molecule has 2 aromatic rings. The lowest BCUT2D eigenvalue weighted by Crippen LogP contribution is -2.03. The summed E-state index contributed by atoms with van der Waals surface area (Å²) in [5.41, 5.74) is 3.82. The van der Waals surface area contributed by atoms with Crippen molar-refractivity contribution in [3.63, 3.8) is 0 Å². The Morgan fingerprint density at radius 1 is 1.11 bits per heavy atom. The minimum atomic E-state index is -0.723. The number of hydrogen-bond acceptors (Lipinski definition) is 3. The SMILES string of the molecule is COc1cccc(C(O)c2ccc(C)c(C)c2)n1. The quantitative estimate of drug-likeness (QED) is 0.901. The molecule has 0 saturated heterocycles. The number of aliphatic hydroxyl groups is 1. The lowest BCUT2D eigenvalue weighted by Gasteiger charge is -2.13. The third-order valence-electron chi connectivity index (χ3n) is 3.08. The van der Waals surface area contributed by atoms with E-state index in [1.54, 1.807) is 19.2 Å². The Labute approximate surface area is 107 Å². The summed E-state index contributed by atoms with van der Waals surface area (Å²) in [6.45, 7) is 4.08. The number of benzene rings is 1. The topological polar surface area (TPSA) is 42.4 Å². The van der Waals surface area contributed by atoms with Gasteiger partial charge in [0.2, 0.25) is 5.88 Å². The number of pyridine rings is 1. The lowest BCUT2D eigenvalue weighted by atomic mass is 10.0. The van der Waals surface area contributed by atoms with Crippen LogP contribution >= 0.6 is 0 Å². The van der Waals surface area contributed by atoms with Gasteiger partial charge < -0.3 is 9.84 Å². The third-order valence-corrected chi connectivity index (χ3v) is 3.08. The molecular weight excluding hydrogens is 226 g/mol. The number of hydrogen-bond donors (Lipinski definition) is 1. The van der Waals surface area contributed by atoms with Crippen molar-refractivity contribution in [2.75, 3.05) is 7.11 Å². The minimum absolute atomic E-state index is 0.510. The number of aromatic nitrogens is 1. The molecule has 0 aliphatic carbocycles. The van der Waals surface area contributed by atoms with Crippen molar-refractivity contribution in [2.45, 2.75) is 20.0 Å². The van der Waals surface area contributed by atoms with E-state index in [2.05, 4.69) is 11.9 Å². The van der Waals surface area contributed by atoms with Crippen LogP contribution in [0.3, 0.4) is 0 Å². The van der Waals surface area contributed by atoms with Crippen LogP contribution in [0.2, 0.25) is 0 Å². The van der Waals surface area contributed by atoms with Gasteiger partial charge in [0.05, 0.1) is 12.8 Å². The monoisotopic (exact) mass is 243 g/mol. The maximum Gasteiger partial charge on any atom is 0.213 e. The third kappa shape index (κ3) is 2.51. The van der Waals surface area contributed by atoms with Crippen LogP contribution in [0.15, 0.2) is 36.4 Å². The standard InChI is InChI=1S/C15H17NO2/c1-10-7-8-12(9-11(10)2)15(17)13-5-4-6-14(16-13)18-3/h4-9,15,17H,1-3H3. The zero-order chi connectivity index (χ0) is 13.1. The van der Waals surface area contributed by atoms with Crippen LogP contribution in [0.5, 0.6) is 5.88 Å². The molecule has 1 heterocycles. The van der Waals surface area contributed by atoms with E-state index in [1.807, 2.05) is 31.2 Å². The predicted octanol–water partition coefficient (Wildman–Crippen LogP) is 2.79. The van der Waals surface area contributed by atoms with Crippen LogP contribution in [0, 0.1) is 13.8 Å². The highest BCUT2D eigenvalue weighted by atomic mass is 16.5. The van der Waals surface area contributed by atoms with E-state index in [4.69, 9.17) is 4.74 Å². The highest BCUT2D eigenvalue weighted by Crippen LogP contribution is 2.23. The summed E-state index contributed by atoms with van der Waals surface area (Å²) in [6.07, 6.45) is -0.723. The Morgan fingerprint density at radius 2 is 1.89 bits per heavy atom. The van der Waals surface area contributed by atoms with Crippen molar-refractivity contribution in [3.05, 3.63) is 58.8 Å². The molecule has 1 N–H and O–H groups in total. The van der Waals surface area contributed by atoms with Crippen molar-refractivity contribution in [2.24, 2.45) is 0 Å². The summed E-state index contributed by atoms with van der Waals surface area (Å²) < 4.78 is 5.06. The number of rotatable bonds is 3. The highest BCUT2D eigenvalue weighted by molar-refractivity contribution is 5.34. The molecule has 94 valence electrons. The molecule has 3 heteroatoms. The first-order valence-electron chi connectivity index (χ1n) is 5.88. The Balaban J connectivity index is 2.34. The van der Waals surface area contributed by atoms with Crippen LogP contribution in [0.4, 0.5) is 0 Å². The van der Waals surface area contributed by atoms with Gasteiger partial charge in [-0.25, -0.2) is 4.98 Å². The van der Waals surface area contributed by atoms with E-state index in [0.29, 0.717) is 11.6 Å². The fraction of sp³-hybridized carbons (Fsp3) is 0.267. The van der Waals surface area contributed by atoms with E-state index in [1.165, 1.54) is 5.56 Å². The number of nitrogens with zero attached hydrogens (tertiary/aromatic N) is 1. The smallest absolute Gasteiger partial charge is 0.213 e. The van der Waals surface area contributed by atoms with Crippen molar-refractivity contribution in [1.82, 2.24) is 4.98 Å². The molecule has 0 bridgehead atoms. The fourth-order valence-electron chi connectivity index (χ4n) is 1.80. The largest absolute Gasteiger partial charge is 0.481 e. The van der Waals surface area contributed by atoms with Crippen LogP contribution in [-0.4, -0.2) is 17.2 Å². The summed E-state index contributed by atoms with van der Waals surface area (Å²) >= 11 is 0. The van der Waals surface area contributed by atoms with Gasteiger partial charge in [0.1, 0.15) is 6.10 Å².